The zero-order chi connectivity index (χ0) is 14.2. The Labute approximate surface area is 107 Å². The highest BCUT2D eigenvalue weighted by Crippen LogP contribution is 2.05. The number of quaternary nitrogens is 1. The maximum Gasteiger partial charge on any atom is 0.309 e. The fourth-order valence-electron chi connectivity index (χ4n) is 1.25. The minimum absolute atomic E-state index is 0.917. The van der Waals surface area contributed by atoms with Gasteiger partial charge in [-0.3, -0.25) is 4.79 Å². The fraction of sp³-hybridized carbons (Fsp3) is 0.385. The lowest BCUT2D eigenvalue weighted by Gasteiger charge is -2.23. The Morgan fingerprint density at radius 2 is 1.67 bits per heavy atom. The van der Waals surface area contributed by atoms with E-state index in [2.05, 4.69) is 51.5 Å². The van der Waals surface area contributed by atoms with E-state index in [0.717, 1.165) is 11.0 Å². The molecule has 0 unspecified atom stereocenters. The molecule has 1 aromatic rings. The summed E-state index contributed by atoms with van der Waals surface area (Å²) in [6.45, 7) is 1.10. The van der Waals surface area contributed by atoms with Crippen LogP contribution < -0.4 is 5.11 Å². The van der Waals surface area contributed by atoms with Crippen molar-refractivity contribution in [1.82, 2.24) is 0 Å². The van der Waals surface area contributed by atoms with Gasteiger partial charge >= 0.3 is 5.97 Å². The number of nitrogens with zero attached hydrogens (tertiary/aromatic N) is 1. The van der Waals surface area contributed by atoms with E-state index in [-0.39, 0.29) is 0 Å². The zero-order valence-corrected chi connectivity index (χ0v) is 10.9. The van der Waals surface area contributed by atoms with E-state index in [9.17, 15) is 14.7 Å². The molecule has 0 spiro atoms. The van der Waals surface area contributed by atoms with E-state index in [0.29, 0.717) is 0 Å². The number of carboxylic acid groups (broad SMARTS) is 2. The molecule has 0 atom stereocenters. The molecule has 100 valence electrons. The van der Waals surface area contributed by atoms with Crippen molar-refractivity contribution < 1.29 is 24.3 Å². The smallest absolute Gasteiger partial charge is 0.309 e. The van der Waals surface area contributed by atoms with E-state index >= 15 is 0 Å². The number of hydrogen-bond acceptors (Lipinski definition) is 3. The van der Waals surface area contributed by atoms with Crippen molar-refractivity contribution >= 4 is 11.9 Å². The molecular formula is C13H19NO4. The largest absolute Gasteiger partial charge is 0.550 e. The average molecular weight is 253 g/mol. The summed E-state index contributed by atoms with van der Waals surface area (Å²) in [5.74, 6) is -2.94. The number of aliphatic carboxylic acids is 2. The standard InChI is InChI=1S/C10H16N.C3H4O4/c1-11(2,3)9-10-7-5-4-6-8-10;4-2(5)1-3(6)7/h4-8H,9H2,1-3H3;1H2,(H,4,5)(H,6,7)/q+1;/p-1. The van der Waals surface area contributed by atoms with Crippen molar-refractivity contribution in [3.63, 3.8) is 0 Å². The Kier molecular flexibility index (Phi) is 6.67. The van der Waals surface area contributed by atoms with Crippen LogP contribution in [0.1, 0.15) is 12.0 Å². The quantitative estimate of drug-likeness (QED) is 0.610. The highest BCUT2D eigenvalue weighted by atomic mass is 16.4. The maximum atomic E-state index is 9.39. The van der Waals surface area contributed by atoms with Gasteiger partial charge in [0.1, 0.15) is 6.54 Å². The van der Waals surface area contributed by atoms with Crippen molar-refractivity contribution in [3.8, 4) is 0 Å². The number of rotatable bonds is 4. The molecule has 1 aromatic carbocycles. The lowest BCUT2D eigenvalue weighted by atomic mass is 10.2. The summed E-state index contributed by atoms with van der Waals surface area (Å²) in [6.07, 6.45) is -0.917. The number of carboxylic acids is 2. The third-order valence-electron chi connectivity index (χ3n) is 1.80. The lowest BCUT2D eigenvalue weighted by molar-refractivity contribution is -0.884. The molecule has 0 aliphatic rings. The molecule has 5 nitrogen and oxygen atoms in total. The van der Waals surface area contributed by atoms with Gasteiger partial charge in [-0.05, 0) is 0 Å². The first-order chi connectivity index (χ1) is 8.20. The SMILES string of the molecule is C[N+](C)(C)Cc1ccccc1.O=C([O-])CC(=O)O. The van der Waals surface area contributed by atoms with Crippen molar-refractivity contribution in [1.29, 1.82) is 0 Å². The van der Waals surface area contributed by atoms with Crippen LogP contribution >= 0.6 is 0 Å². The molecule has 0 saturated carbocycles. The Bertz CT molecular complexity index is 370. The normalized spacial score (nSPS) is 10.2. The van der Waals surface area contributed by atoms with Crippen LogP contribution in [0.2, 0.25) is 0 Å². The van der Waals surface area contributed by atoms with Crippen LogP contribution in [0.5, 0.6) is 0 Å². The summed E-state index contributed by atoms with van der Waals surface area (Å²) in [5.41, 5.74) is 1.40. The van der Waals surface area contributed by atoms with Gasteiger partial charge in [-0.15, -0.1) is 0 Å². The predicted octanol–water partition coefficient (Wildman–Crippen LogP) is 0.104. The van der Waals surface area contributed by atoms with E-state index in [1.807, 2.05) is 0 Å². The van der Waals surface area contributed by atoms with Crippen LogP contribution in [0.3, 0.4) is 0 Å². The van der Waals surface area contributed by atoms with Gasteiger partial charge in [-0.25, -0.2) is 0 Å². The minimum atomic E-state index is -1.56. The second-order valence-electron chi connectivity index (χ2n) is 4.88. The van der Waals surface area contributed by atoms with Crippen LogP contribution in [0.4, 0.5) is 0 Å². The monoisotopic (exact) mass is 253 g/mol. The highest BCUT2D eigenvalue weighted by Gasteiger charge is 2.06. The Morgan fingerprint density at radius 3 is 1.94 bits per heavy atom. The summed E-state index contributed by atoms with van der Waals surface area (Å²) in [7, 11) is 6.60. The molecule has 0 amide bonds. The molecule has 0 aromatic heterocycles. The minimum Gasteiger partial charge on any atom is -0.550 e. The van der Waals surface area contributed by atoms with Gasteiger partial charge in [0.25, 0.3) is 0 Å². The fourth-order valence-corrected chi connectivity index (χ4v) is 1.25. The van der Waals surface area contributed by atoms with E-state index in [1.54, 1.807) is 0 Å². The van der Waals surface area contributed by atoms with Crippen molar-refractivity contribution in [2.45, 2.75) is 13.0 Å². The zero-order valence-electron chi connectivity index (χ0n) is 10.9. The molecule has 18 heavy (non-hydrogen) atoms. The van der Waals surface area contributed by atoms with E-state index in [1.165, 1.54) is 5.56 Å². The van der Waals surface area contributed by atoms with Crippen molar-refractivity contribution in [2.75, 3.05) is 21.1 Å². The van der Waals surface area contributed by atoms with Crippen LogP contribution in [0.25, 0.3) is 0 Å². The Morgan fingerprint density at radius 1 is 1.17 bits per heavy atom. The second kappa shape index (κ2) is 7.45. The second-order valence-corrected chi connectivity index (χ2v) is 4.88. The van der Waals surface area contributed by atoms with Crippen LogP contribution in [0, 0.1) is 0 Å². The van der Waals surface area contributed by atoms with Gasteiger partial charge in [0.2, 0.25) is 0 Å². The number of benzene rings is 1. The number of carbonyl (C=O) groups is 2. The molecule has 1 N–H and O–H groups in total. The Hall–Kier alpha value is -1.88. The highest BCUT2D eigenvalue weighted by molar-refractivity contribution is 5.87. The first kappa shape index (κ1) is 16.1. The summed E-state index contributed by atoms with van der Waals surface area (Å²) >= 11 is 0. The summed E-state index contributed by atoms with van der Waals surface area (Å²) in [5, 5.41) is 17.0. The van der Waals surface area contributed by atoms with E-state index < -0.39 is 18.4 Å². The molecule has 0 bridgehead atoms. The van der Waals surface area contributed by atoms with E-state index in [4.69, 9.17) is 5.11 Å². The first-order valence-electron chi connectivity index (χ1n) is 5.47. The lowest BCUT2D eigenvalue weighted by Crippen LogP contribution is -2.33. The molecule has 0 radical (unpaired) electrons. The first-order valence-corrected chi connectivity index (χ1v) is 5.47. The molecule has 5 heteroatoms. The summed E-state index contributed by atoms with van der Waals surface area (Å²) in [6, 6.07) is 10.6. The topological polar surface area (TPSA) is 77.4 Å². The van der Waals surface area contributed by atoms with Crippen LogP contribution in [0.15, 0.2) is 30.3 Å². The number of carbonyl (C=O) groups excluding carboxylic acids is 1. The van der Waals surface area contributed by atoms with Gasteiger partial charge in [-0.1, -0.05) is 30.3 Å². The van der Waals surface area contributed by atoms with Gasteiger partial charge in [0, 0.05) is 5.56 Å². The molecular weight excluding hydrogens is 234 g/mol. The van der Waals surface area contributed by atoms with Crippen molar-refractivity contribution in [2.24, 2.45) is 0 Å². The van der Waals surface area contributed by atoms with Gasteiger partial charge in [0.15, 0.2) is 0 Å². The van der Waals surface area contributed by atoms with Crippen LogP contribution in [-0.2, 0) is 16.1 Å². The predicted molar refractivity (Wildman–Crippen MR) is 65.4 cm³/mol. The molecule has 0 aliphatic heterocycles. The number of hydrogen-bond donors (Lipinski definition) is 1. The van der Waals surface area contributed by atoms with Gasteiger partial charge in [-0.2, -0.15) is 0 Å². The van der Waals surface area contributed by atoms with Crippen molar-refractivity contribution in [3.05, 3.63) is 35.9 Å². The van der Waals surface area contributed by atoms with Crippen LogP contribution in [-0.4, -0.2) is 42.7 Å². The molecule has 0 aliphatic carbocycles. The third kappa shape index (κ3) is 10.6. The average Bonchev–Trinajstić information content (AvgIpc) is 2.14. The maximum absolute atomic E-state index is 9.39. The van der Waals surface area contributed by atoms with Gasteiger partial charge in [0.05, 0.1) is 33.5 Å². The molecule has 0 saturated heterocycles. The summed E-state index contributed by atoms with van der Waals surface area (Å²) in [4.78, 5) is 18.7. The van der Waals surface area contributed by atoms with Gasteiger partial charge < -0.3 is 19.5 Å². The molecule has 0 heterocycles. The summed E-state index contributed by atoms with van der Waals surface area (Å²) < 4.78 is 0.990. The molecule has 1 rings (SSSR count). The Balaban J connectivity index is 0.000000360. The third-order valence-corrected chi connectivity index (χ3v) is 1.80. The molecule has 0 fully saturated rings.